The zero-order chi connectivity index (χ0) is 14.5. The molecule has 3 atom stereocenters. The van der Waals surface area contributed by atoms with Crippen LogP contribution in [0.15, 0.2) is 36.4 Å². The number of nitrogens with zero attached hydrogens (tertiary/aromatic N) is 1. The molecule has 20 heavy (non-hydrogen) atoms. The van der Waals surface area contributed by atoms with E-state index in [1.165, 1.54) is 5.56 Å². The summed E-state index contributed by atoms with van der Waals surface area (Å²) in [7, 11) is 4.06. The highest BCUT2D eigenvalue weighted by Gasteiger charge is 2.27. The van der Waals surface area contributed by atoms with Gasteiger partial charge in [0, 0.05) is 6.54 Å². The Hall–Kier alpha value is -1.16. The third-order valence-electron chi connectivity index (χ3n) is 3.94. The van der Waals surface area contributed by atoms with E-state index in [2.05, 4.69) is 17.1 Å². The van der Waals surface area contributed by atoms with E-state index in [0.717, 1.165) is 31.4 Å². The molecule has 0 fully saturated rings. The number of benzene rings is 1. The lowest BCUT2D eigenvalue weighted by Crippen LogP contribution is -2.28. The second-order valence-electron chi connectivity index (χ2n) is 5.96. The van der Waals surface area contributed by atoms with Crippen LogP contribution < -0.4 is 0 Å². The van der Waals surface area contributed by atoms with Crippen LogP contribution in [0, 0.1) is 5.92 Å². The largest absolute Gasteiger partial charge is 0.390 e. The van der Waals surface area contributed by atoms with Crippen LogP contribution >= 0.6 is 0 Å². The van der Waals surface area contributed by atoms with E-state index in [-0.39, 0.29) is 5.92 Å². The average molecular weight is 275 g/mol. The lowest BCUT2D eigenvalue weighted by atomic mass is 9.85. The van der Waals surface area contributed by atoms with Gasteiger partial charge < -0.3 is 15.1 Å². The zero-order valence-corrected chi connectivity index (χ0v) is 12.4. The summed E-state index contributed by atoms with van der Waals surface area (Å²) >= 11 is 0. The number of rotatable bonds is 5. The van der Waals surface area contributed by atoms with Gasteiger partial charge in [0.05, 0.1) is 6.10 Å². The molecule has 3 heteroatoms. The maximum Gasteiger partial charge on any atom is 0.105 e. The molecule has 1 aliphatic rings. The van der Waals surface area contributed by atoms with Crippen molar-refractivity contribution < 1.29 is 10.2 Å². The molecular formula is C17H25NO2. The molecule has 1 aromatic rings. The van der Waals surface area contributed by atoms with Crippen LogP contribution in [-0.2, 0) is 6.54 Å². The van der Waals surface area contributed by atoms with Crippen molar-refractivity contribution in [2.75, 3.05) is 14.1 Å². The molecule has 0 aliphatic heterocycles. The summed E-state index contributed by atoms with van der Waals surface area (Å²) < 4.78 is 0. The van der Waals surface area contributed by atoms with Crippen LogP contribution in [0.2, 0.25) is 0 Å². The Morgan fingerprint density at radius 3 is 2.40 bits per heavy atom. The molecular weight excluding hydrogens is 250 g/mol. The van der Waals surface area contributed by atoms with E-state index >= 15 is 0 Å². The molecule has 0 spiro atoms. The van der Waals surface area contributed by atoms with Gasteiger partial charge in [-0.25, -0.2) is 0 Å². The van der Waals surface area contributed by atoms with Crippen LogP contribution in [0.5, 0.6) is 0 Å². The molecule has 1 aromatic carbocycles. The predicted octanol–water partition coefficient (Wildman–Crippen LogP) is 2.50. The van der Waals surface area contributed by atoms with Gasteiger partial charge in [-0.1, -0.05) is 36.4 Å². The third kappa shape index (κ3) is 3.92. The number of allylic oxidation sites excluding steroid dienone is 2. The molecule has 0 bridgehead atoms. The molecule has 0 radical (unpaired) electrons. The standard InChI is InChI=1S/C17H25NO2/c1-18(2)12-13-8-10-15(11-9-13)17(20)16(19)14-6-4-3-5-7-14/h3-4,8-11,14,16-17,19-20H,5-7,12H2,1-2H3. The van der Waals surface area contributed by atoms with Gasteiger partial charge in [0.2, 0.25) is 0 Å². The van der Waals surface area contributed by atoms with Gasteiger partial charge in [0.25, 0.3) is 0 Å². The Morgan fingerprint density at radius 1 is 1.15 bits per heavy atom. The summed E-state index contributed by atoms with van der Waals surface area (Å²) in [5, 5.41) is 20.6. The fraction of sp³-hybridized carbons (Fsp3) is 0.529. The summed E-state index contributed by atoms with van der Waals surface area (Å²) in [4.78, 5) is 2.11. The molecule has 0 saturated carbocycles. The number of aliphatic hydroxyl groups is 2. The van der Waals surface area contributed by atoms with Crippen LogP contribution in [0.3, 0.4) is 0 Å². The summed E-state index contributed by atoms with van der Waals surface area (Å²) in [6.07, 6.45) is 5.58. The smallest absolute Gasteiger partial charge is 0.105 e. The number of aliphatic hydroxyl groups excluding tert-OH is 2. The minimum atomic E-state index is -0.792. The topological polar surface area (TPSA) is 43.7 Å². The quantitative estimate of drug-likeness (QED) is 0.812. The molecule has 2 rings (SSSR count). The van der Waals surface area contributed by atoms with E-state index in [1.54, 1.807) is 0 Å². The summed E-state index contributed by atoms with van der Waals surface area (Å²) in [6.45, 7) is 0.881. The summed E-state index contributed by atoms with van der Waals surface area (Å²) in [5.41, 5.74) is 2.01. The van der Waals surface area contributed by atoms with Gasteiger partial charge in [-0.05, 0) is 50.4 Å². The van der Waals surface area contributed by atoms with E-state index in [4.69, 9.17) is 0 Å². The first kappa shape index (κ1) is 15.2. The van der Waals surface area contributed by atoms with Gasteiger partial charge in [-0.2, -0.15) is 0 Å². The van der Waals surface area contributed by atoms with Crippen molar-refractivity contribution in [3.8, 4) is 0 Å². The maximum absolute atomic E-state index is 10.3. The van der Waals surface area contributed by atoms with Gasteiger partial charge >= 0.3 is 0 Å². The molecule has 110 valence electrons. The Bertz CT molecular complexity index is 439. The SMILES string of the molecule is CN(C)Cc1ccc(C(O)C(O)C2CC=CCC2)cc1. The molecule has 1 aliphatic carbocycles. The van der Waals surface area contributed by atoms with Crippen LogP contribution in [0.1, 0.15) is 36.5 Å². The lowest BCUT2D eigenvalue weighted by Gasteiger charge is -2.28. The first-order valence-electron chi connectivity index (χ1n) is 7.32. The Kier molecular flexibility index (Phi) is 5.35. The van der Waals surface area contributed by atoms with Crippen molar-refractivity contribution in [2.24, 2.45) is 5.92 Å². The lowest BCUT2D eigenvalue weighted by molar-refractivity contribution is -0.0211. The van der Waals surface area contributed by atoms with Gasteiger partial charge in [-0.15, -0.1) is 0 Å². The van der Waals surface area contributed by atoms with Gasteiger partial charge in [-0.3, -0.25) is 0 Å². The fourth-order valence-corrected chi connectivity index (χ4v) is 2.77. The van der Waals surface area contributed by atoms with Crippen molar-refractivity contribution in [1.82, 2.24) is 4.90 Å². The second-order valence-corrected chi connectivity index (χ2v) is 5.96. The van der Waals surface area contributed by atoms with Crippen molar-refractivity contribution in [1.29, 1.82) is 0 Å². The Labute approximate surface area is 121 Å². The number of hydrogen-bond donors (Lipinski definition) is 2. The summed E-state index contributed by atoms with van der Waals surface area (Å²) in [5.74, 6) is 0.163. The first-order chi connectivity index (χ1) is 9.58. The highest BCUT2D eigenvalue weighted by molar-refractivity contribution is 5.25. The molecule has 3 nitrogen and oxygen atoms in total. The average Bonchev–Trinajstić information content (AvgIpc) is 2.47. The van der Waals surface area contributed by atoms with Gasteiger partial charge in [0.1, 0.15) is 6.10 Å². The van der Waals surface area contributed by atoms with Crippen LogP contribution in [0.25, 0.3) is 0 Å². The first-order valence-corrected chi connectivity index (χ1v) is 7.32. The summed E-state index contributed by atoms with van der Waals surface area (Å²) in [6, 6.07) is 7.88. The Morgan fingerprint density at radius 2 is 1.85 bits per heavy atom. The molecule has 2 N–H and O–H groups in total. The second kappa shape index (κ2) is 7.02. The van der Waals surface area contributed by atoms with Gasteiger partial charge in [0.15, 0.2) is 0 Å². The monoisotopic (exact) mass is 275 g/mol. The highest BCUT2D eigenvalue weighted by Crippen LogP contribution is 2.29. The minimum Gasteiger partial charge on any atom is -0.390 e. The highest BCUT2D eigenvalue weighted by atomic mass is 16.3. The third-order valence-corrected chi connectivity index (χ3v) is 3.94. The molecule has 0 amide bonds. The molecule has 3 unspecified atom stereocenters. The van der Waals surface area contributed by atoms with Crippen molar-refractivity contribution in [2.45, 2.75) is 38.0 Å². The predicted molar refractivity (Wildman–Crippen MR) is 81.3 cm³/mol. The zero-order valence-electron chi connectivity index (χ0n) is 12.4. The van der Waals surface area contributed by atoms with E-state index in [0.29, 0.717) is 0 Å². The minimum absolute atomic E-state index is 0.163. The molecule has 0 heterocycles. The Balaban J connectivity index is 2.00. The van der Waals surface area contributed by atoms with Crippen molar-refractivity contribution in [3.05, 3.63) is 47.5 Å². The van der Waals surface area contributed by atoms with E-state index < -0.39 is 12.2 Å². The number of hydrogen-bond acceptors (Lipinski definition) is 3. The van der Waals surface area contributed by atoms with Crippen LogP contribution in [-0.4, -0.2) is 35.3 Å². The maximum atomic E-state index is 10.3. The molecule has 0 saturated heterocycles. The van der Waals surface area contributed by atoms with Crippen molar-refractivity contribution in [3.63, 3.8) is 0 Å². The van der Waals surface area contributed by atoms with E-state index in [1.807, 2.05) is 38.4 Å². The van der Waals surface area contributed by atoms with E-state index in [9.17, 15) is 10.2 Å². The van der Waals surface area contributed by atoms with Crippen molar-refractivity contribution >= 4 is 0 Å². The fourth-order valence-electron chi connectivity index (χ4n) is 2.77. The molecule has 0 aromatic heterocycles. The van der Waals surface area contributed by atoms with Crippen LogP contribution in [0.4, 0.5) is 0 Å². The normalized spacial score (nSPS) is 21.9.